The van der Waals surface area contributed by atoms with Crippen LogP contribution >= 0.6 is 11.6 Å². The van der Waals surface area contributed by atoms with E-state index >= 15 is 0 Å². The first-order valence-corrected chi connectivity index (χ1v) is 5.85. The minimum Gasteiger partial charge on any atom is -0.399 e. The monoisotopic (exact) mass is 265 g/mol. The van der Waals surface area contributed by atoms with Crippen molar-refractivity contribution >= 4 is 23.2 Å². The van der Waals surface area contributed by atoms with Crippen molar-refractivity contribution in [1.82, 2.24) is 4.90 Å². The summed E-state index contributed by atoms with van der Waals surface area (Å²) < 4.78 is 5.18. The summed E-state index contributed by atoms with van der Waals surface area (Å²) in [7, 11) is 0. The van der Waals surface area contributed by atoms with E-state index in [-0.39, 0.29) is 12.5 Å². The van der Waals surface area contributed by atoms with Gasteiger partial charge in [-0.1, -0.05) is 11.6 Å². The number of ether oxygens (including phenoxy) is 1. The van der Waals surface area contributed by atoms with Gasteiger partial charge in [-0.2, -0.15) is 5.26 Å². The van der Waals surface area contributed by atoms with E-state index in [4.69, 9.17) is 27.3 Å². The van der Waals surface area contributed by atoms with Crippen molar-refractivity contribution in [3.8, 4) is 6.07 Å². The van der Waals surface area contributed by atoms with Crippen molar-refractivity contribution in [2.45, 2.75) is 6.10 Å². The maximum Gasteiger partial charge on any atom is 0.255 e. The molecule has 1 saturated heterocycles. The van der Waals surface area contributed by atoms with Crippen LogP contribution in [-0.2, 0) is 4.74 Å². The van der Waals surface area contributed by atoms with Crippen molar-refractivity contribution in [2.75, 3.05) is 25.4 Å². The van der Waals surface area contributed by atoms with Gasteiger partial charge >= 0.3 is 0 Å². The third-order valence-corrected chi connectivity index (χ3v) is 3.05. The lowest BCUT2D eigenvalue weighted by atomic mass is 10.1. The normalized spacial score (nSPS) is 19.3. The molecule has 1 unspecified atom stereocenters. The molecule has 1 aromatic carbocycles. The second-order valence-electron chi connectivity index (χ2n) is 3.98. The number of hydrogen-bond acceptors (Lipinski definition) is 4. The Morgan fingerprint density at radius 1 is 1.61 bits per heavy atom. The molecule has 2 rings (SSSR count). The predicted molar refractivity (Wildman–Crippen MR) is 67.1 cm³/mol. The van der Waals surface area contributed by atoms with Crippen LogP contribution < -0.4 is 5.73 Å². The van der Waals surface area contributed by atoms with Gasteiger partial charge in [0.05, 0.1) is 29.8 Å². The van der Waals surface area contributed by atoms with Crippen LogP contribution in [0.2, 0.25) is 5.02 Å². The molecule has 0 aliphatic carbocycles. The zero-order valence-corrected chi connectivity index (χ0v) is 10.4. The Morgan fingerprint density at radius 3 is 3.11 bits per heavy atom. The average molecular weight is 266 g/mol. The topological polar surface area (TPSA) is 79.4 Å². The Morgan fingerprint density at radius 2 is 2.39 bits per heavy atom. The van der Waals surface area contributed by atoms with Crippen LogP contribution in [0.15, 0.2) is 18.2 Å². The van der Waals surface area contributed by atoms with Gasteiger partial charge in [0.25, 0.3) is 5.91 Å². The smallest absolute Gasteiger partial charge is 0.255 e. The highest BCUT2D eigenvalue weighted by molar-refractivity contribution is 6.34. The number of benzene rings is 1. The molecule has 0 saturated carbocycles. The van der Waals surface area contributed by atoms with E-state index < -0.39 is 6.10 Å². The lowest BCUT2D eigenvalue weighted by Gasteiger charge is -2.30. The SMILES string of the molecule is N#CC1CN(C(=O)c2cc(N)ccc2Cl)CCO1. The van der Waals surface area contributed by atoms with Crippen molar-refractivity contribution in [3.05, 3.63) is 28.8 Å². The summed E-state index contributed by atoms with van der Waals surface area (Å²) in [6, 6.07) is 6.76. The third kappa shape index (κ3) is 2.55. The summed E-state index contributed by atoms with van der Waals surface area (Å²) >= 11 is 5.98. The number of anilines is 1. The Bertz CT molecular complexity index is 513. The first kappa shape index (κ1) is 12.7. The van der Waals surface area contributed by atoms with Gasteiger partial charge in [-0.05, 0) is 18.2 Å². The maximum atomic E-state index is 12.3. The first-order chi connectivity index (χ1) is 8.61. The molecule has 0 spiro atoms. The van der Waals surface area contributed by atoms with E-state index in [1.165, 1.54) is 0 Å². The fourth-order valence-electron chi connectivity index (χ4n) is 1.79. The molecule has 1 fully saturated rings. The predicted octanol–water partition coefficient (Wildman–Crippen LogP) is 1.29. The second kappa shape index (κ2) is 5.25. The summed E-state index contributed by atoms with van der Waals surface area (Å²) in [6.45, 7) is 1.05. The number of amides is 1. The van der Waals surface area contributed by atoms with Crippen LogP contribution in [-0.4, -0.2) is 36.6 Å². The van der Waals surface area contributed by atoms with Crippen LogP contribution in [0.3, 0.4) is 0 Å². The molecule has 0 bridgehead atoms. The molecule has 5 nitrogen and oxygen atoms in total. The minimum absolute atomic E-state index is 0.226. The van der Waals surface area contributed by atoms with Crippen LogP contribution in [0.1, 0.15) is 10.4 Å². The molecule has 0 aromatic heterocycles. The lowest BCUT2D eigenvalue weighted by Crippen LogP contribution is -2.45. The molecule has 2 N–H and O–H groups in total. The van der Waals surface area contributed by atoms with Gasteiger partial charge in [-0.25, -0.2) is 0 Å². The Kier molecular flexibility index (Phi) is 3.70. The maximum absolute atomic E-state index is 12.3. The molecule has 1 aliphatic heterocycles. The second-order valence-corrected chi connectivity index (χ2v) is 4.39. The molecule has 1 heterocycles. The Balaban J connectivity index is 2.21. The van der Waals surface area contributed by atoms with Crippen molar-refractivity contribution < 1.29 is 9.53 Å². The average Bonchev–Trinajstić information content (AvgIpc) is 2.41. The number of morpholine rings is 1. The molecule has 1 aromatic rings. The van der Waals surface area contributed by atoms with Gasteiger partial charge in [-0.3, -0.25) is 4.79 Å². The fraction of sp³-hybridized carbons (Fsp3) is 0.333. The number of nitriles is 1. The third-order valence-electron chi connectivity index (χ3n) is 2.72. The highest BCUT2D eigenvalue weighted by Gasteiger charge is 2.26. The van der Waals surface area contributed by atoms with E-state index in [1.807, 2.05) is 6.07 Å². The highest BCUT2D eigenvalue weighted by Crippen LogP contribution is 2.21. The summed E-state index contributed by atoms with van der Waals surface area (Å²) in [6.07, 6.45) is -0.581. The number of halogens is 1. The number of hydrogen-bond donors (Lipinski definition) is 1. The van der Waals surface area contributed by atoms with Gasteiger partial charge in [0.1, 0.15) is 0 Å². The van der Waals surface area contributed by atoms with Crippen LogP contribution in [0.4, 0.5) is 5.69 Å². The van der Waals surface area contributed by atoms with Crippen LogP contribution in [0.5, 0.6) is 0 Å². The van der Waals surface area contributed by atoms with E-state index in [1.54, 1.807) is 23.1 Å². The van der Waals surface area contributed by atoms with Gasteiger partial charge in [0, 0.05) is 12.2 Å². The molecule has 1 atom stereocenters. The molecular weight excluding hydrogens is 254 g/mol. The number of nitrogens with zero attached hydrogens (tertiary/aromatic N) is 2. The molecule has 18 heavy (non-hydrogen) atoms. The number of rotatable bonds is 1. The molecule has 1 aliphatic rings. The Labute approximate surface area is 110 Å². The van der Waals surface area contributed by atoms with Gasteiger partial charge in [-0.15, -0.1) is 0 Å². The highest BCUT2D eigenvalue weighted by atomic mass is 35.5. The van der Waals surface area contributed by atoms with E-state index in [0.717, 1.165) is 0 Å². The van der Waals surface area contributed by atoms with Gasteiger partial charge in [0.15, 0.2) is 6.10 Å². The van der Waals surface area contributed by atoms with E-state index in [0.29, 0.717) is 29.4 Å². The van der Waals surface area contributed by atoms with E-state index in [9.17, 15) is 4.79 Å². The zero-order valence-electron chi connectivity index (χ0n) is 9.60. The minimum atomic E-state index is -0.581. The largest absolute Gasteiger partial charge is 0.399 e. The van der Waals surface area contributed by atoms with Crippen LogP contribution in [0.25, 0.3) is 0 Å². The number of nitrogens with two attached hydrogens (primary N) is 1. The number of nitrogen functional groups attached to an aromatic ring is 1. The molecule has 1 amide bonds. The summed E-state index contributed by atoms with van der Waals surface area (Å²) in [4.78, 5) is 13.8. The lowest BCUT2D eigenvalue weighted by molar-refractivity contribution is 0.00348. The van der Waals surface area contributed by atoms with E-state index in [2.05, 4.69) is 0 Å². The van der Waals surface area contributed by atoms with Gasteiger partial charge in [0.2, 0.25) is 0 Å². The number of carbonyl (C=O) groups is 1. The summed E-state index contributed by atoms with van der Waals surface area (Å²) in [5.41, 5.74) is 6.48. The standard InChI is InChI=1S/C12H12ClN3O2/c13-11-2-1-8(15)5-10(11)12(17)16-3-4-18-9(6-14)7-16/h1-2,5,9H,3-4,7,15H2. The molecular formula is C12H12ClN3O2. The molecule has 6 heteroatoms. The summed E-state index contributed by atoms with van der Waals surface area (Å²) in [5, 5.41) is 9.16. The molecule has 0 radical (unpaired) electrons. The zero-order chi connectivity index (χ0) is 13.1. The quantitative estimate of drug-likeness (QED) is 0.776. The molecule has 94 valence electrons. The summed E-state index contributed by atoms with van der Waals surface area (Å²) in [5.74, 6) is -0.226. The van der Waals surface area contributed by atoms with Crippen molar-refractivity contribution in [2.24, 2.45) is 0 Å². The number of carbonyl (C=O) groups excluding carboxylic acids is 1. The Hall–Kier alpha value is -1.77. The fourth-order valence-corrected chi connectivity index (χ4v) is 1.99. The van der Waals surface area contributed by atoms with Crippen molar-refractivity contribution in [1.29, 1.82) is 5.26 Å². The van der Waals surface area contributed by atoms with Crippen molar-refractivity contribution in [3.63, 3.8) is 0 Å². The van der Waals surface area contributed by atoms with Gasteiger partial charge < -0.3 is 15.4 Å². The first-order valence-electron chi connectivity index (χ1n) is 5.47. The van der Waals surface area contributed by atoms with Crippen LogP contribution in [0, 0.1) is 11.3 Å².